The predicted octanol–water partition coefficient (Wildman–Crippen LogP) is 3.52. The third-order valence-electron chi connectivity index (χ3n) is 2.90. The summed E-state index contributed by atoms with van der Waals surface area (Å²) in [6.45, 7) is 2.08. The van der Waals surface area contributed by atoms with E-state index >= 15 is 0 Å². The zero-order valence-electron chi connectivity index (χ0n) is 11.3. The fraction of sp³-hybridized carbons (Fsp3) is 0.500. The van der Waals surface area contributed by atoms with Crippen molar-refractivity contribution in [2.45, 2.75) is 31.1 Å². The smallest absolute Gasteiger partial charge is 0.306 e. The molecule has 0 aromatic heterocycles. The van der Waals surface area contributed by atoms with Gasteiger partial charge in [-0.3, -0.25) is 4.79 Å². The fourth-order valence-corrected chi connectivity index (χ4v) is 3.78. The Hall–Kier alpha value is -0.520. The molecule has 0 saturated heterocycles. The first-order chi connectivity index (χ1) is 9.10. The van der Waals surface area contributed by atoms with Gasteiger partial charge in [0, 0.05) is 21.5 Å². The number of hydrogen-bond donors (Lipinski definition) is 1. The van der Waals surface area contributed by atoms with E-state index in [-0.39, 0.29) is 17.3 Å². The third kappa shape index (κ3) is 5.16. The molecule has 0 aliphatic rings. The van der Waals surface area contributed by atoms with Crippen molar-refractivity contribution in [1.82, 2.24) is 0 Å². The molecule has 0 fully saturated rings. The van der Waals surface area contributed by atoms with Gasteiger partial charge in [-0.05, 0) is 18.1 Å². The topological polar surface area (TPSA) is 52.3 Å². The second kappa shape index (κ2) is 8.61. The van der Waals surface area contributed by atoms with E-state index in [1.807, 2.05) is 18.2 Å². The van der Waals surface area contributed by atoms with Crippen LogP contribution in [0, 0.1) is 0 Å². The van der Waals surface area contributed by atoms with Crippen LogP contribution >= 0.6 is 27.7 Å². The summed E-state index contributed by atoms with van der Waals surface area (Å²) in [7, 11) is 1.41. The van der Waals surface area contributed by atoms with Crippen LogP contribution in [0.4, 0.5) is 0 Å². The Bertz CT molecular complexity index is 414. The van der Waals surface area contributed by atoms with Crippen molar-refractivity contribution in [1.29, 1.82) is 0 Å². The van der Waals surface area contributed by atoms with E-state index in [1.165, 1.54) is 12.7 Å². The van der Waals surface area contributed by atoms with Crippen molar-refractivity contribution in [3.63, 3.8) is 0 Å². The van der Waals surface area contributed by atoms with E-state index in [0.29, 0.717) is 12.2 Å². The number of esters is 1. The molecule has 3 nitrogen and oxygen atoms in total. The molecule has 106 valence electrons. The number of ether oxygens (including phenoxy) is 1. The zero-order chi connectivity index (χ0) is 14.3. The molecular weight excluding hydrogens is 326 g/mol. The summed E-state index contributed by atoms with van der Waals surface area (Å²) in [5.41, 5.74) is 7.40. The summed E-state index contributed by atoms with van der Waals surface area (Å²) in [5, 5.41) is 0.185. The number of nitrogens with two attached hydrogens (primary N) is 1. The largest absolute Gasteiger partial charge is 0.469 e. The van der Waals surface area contributed by atoms with Crippen molar-refractivity contribution in [2.24, 2.45) is 5.73 Å². The number of carbonyl (C=O) groups excluding carboxylic acids is 1. The summed E-state index contributed by atoms with van der Waals surface area (Å²) in [4.78, 5) is 11.2. The zero-order valence-corrected chi connectivity index (χ0v) is 13.7. The van der Waals surface area contributed by atoms with Crippen molar-refractivity contribution in [2.75, 3.05) is 12.9 Å². The van der Waals surface area contributed by atoms with Gasteiger partial charge in [-0.2, -0.15) is 11.8 Å². The molecule has 19 heavy (non-hydrogen) atoms. The highest BCUT2D eigenvalue weighted by Crippen LogP contribution is 2.36. The van der Waals surface area contributed by atoms with E-state index < -0.39 is 0 Å². The lowest BCUT2D eigenvalue weighted by Gasteiger charge is -2.24. The Kier molecular flexibility index (Phi) is 7.49. The van der Waals surface area contributed by atoms with Crippen LogP contribution in [0.15, 0.2) is 28.7 Å². The summed E-state index contributed by atoms with van der Waals surface area (Å²) in [6.07, 6.45) is 1.32. The van der Waals surface area contributed by atoms with Gasteiger partial charge >= 0.3 is 5.97 Å². The maximum absolute atomic E-state index is 11.2. The van der Waals surface area contributed by atoms with Gasteiger partial charge in [0.1, 0.15) is 0 Å². The average Bonchev–Trinajstić information content (AvgIpc) is 2.43. The van der Waals surface area contributed by atoms with Gasteiger partial charge in [-0.25, -0.2) is 0 Å². The van der Waals surface area contributed by atoms with Gasteiger partial charge in [0.2, 0.25) is 0 Å². The molecule has 1 aromatic rings. The molecule has 1 rings (SSSR count). The van der Waals surface area contributed by atoms with Crippen molar-refractivity contribution in [3.05, 3.63) is 34.3 Å². The molecule has 0 bridgehead atoms. The van der Waals surface area contributed by atoms with Gasteiger partial charge in [0.05, 0.1) is 13.5 Å². The molecule has 2 N–H and O–H groups in total. The van der Waals surface area contributed by atoms with Crippen LogP contribution in [0.3, 0.4) is 0 Å². The maximum atomic E-state index is 11.2. The molecule has 0 aliphatic carbocycles. The normalized spacial score (nSPS) is 13.9. The maximum Gasteiger partial charge on any atom is 0.306 e. The molecule has 2 atom stereocenters. The first-order valence-corrected chi connectivity index (χ1v) is 8.12. The minimum absolute atomic E-state index is 0.0707. The fourth-order valence-electron chi connectivity index (χ4n) is 1.74. The van der Waals surface area contributed by atoms with Crippen LogP contribution in [0.5, 0.6) is 0 Å². The van der Waals surface area contributed by atoms with Gasteiger partial charge in [0.15, 0.2) is 0 Å². The Morgan fingerprint density at radius 3 is 2.74 bits per heavy atom. The van der Waals surface area contributed by atoms with Gasteiger partial charge in [-0.1, -0.05) is 41.1 Å². The van der Waals surface area contributed by atoms with Crippen LogP contribution in [0.25, 0.3) is 0 Å². The molecule has 1 aromatic carbocycles. The Morgan fingerprint density at radius 2 is 2.16 bits per heavy atom. The lowest BCUT2D eigenvalue weighted by molar-refractivity contribution is -0.140. The van der Waals surface area contributed by atoms with Crippen LogP contribution < -0.4 is 5.73 Å². The number of hydrogen-bond acceptors (Lipinski definition) is 4. The van der Waals surface area contributed by atoms with Crippen LogP contribution in [0.1, 0.15) is 30.6 Å². The second-order valence-electron chi connectivity index (χ2n) is 4.21. The van der Waals surface area contributed by atoms with E-state index in [4.69, 9.17) is 5.73 Å². The second-order valence-corrected chi connectivity index (χ2v) is 6.31. The molecule has 5 heteroatoms. The number of halogens is 1. The minimum Gasteiger partial charge on any atom is -0.469 e. The van der Waals surface area contributed by atoms with E-state index in [0.717, 1.165) is 10.9 Å². The molecular formula is C14H20BrNO2S. The van der Waals surface area contributed by atoms with E-state index in [2.05, 4.69) is 33.7 Å². The van der Waals surface area contributed by atoms with Crippen LogP contribution in [-0.2, 0) is 9.53 Å². The lowest BCUT2D eigenvalue weighted by atomic mass is 10.0. The molecule has 0 saturated carbocycles. The number of methoxy groups -OCH3 is 1. The Balaban J connectivity index is 2.73. The van der Waals surface area contributed by atoms with E-state index in [9.17, 15) is 4.79 Å². The minimum atomic E-state index is -0.177. The molecule has 0 aliphatic heterocycles. The highest BCUT2D eigenvalue weighted by molar-refractivity contribution is 9.10. The molecule has 0 radical (unpaired) electrons. The highest BCUT2D eigenvalue weighted by Gasteiger charge is 2.21. The standard InChI is InChI=1S/C14H20BrNO2S/c1-3-12(16)14(19-9-8-13(17)18-2)10-6-4-5-7-11(10)15/h4-7,12,14H,3,8-9,16H2,1-2H3. The summed E-state index contributed by atoms with van der Waals surface area (Å²) < 4.78 is 5.72. The third-order valence-corrected chi connectivity index (χ3v) is 5.03. The van der Waals surface area contributed by atoms with Gasteiger partial charge < -0.3 is 10.5 Å². The summed E-state index contributed by atoms with van der Waals surface area (Å²) >= 11 is 5.28. The lowest BCUT2D eigenvalue weighted by Crippen LogP contribution is -2.26. The molecule has 2 unspecified atom stereocenters. The van der Waals surface area contributed by atoms with Crippen LogP contribution in [-0.4, -0.2) is 24.9 Å². The highest BCUT2D eigenvalue weighted by atomic mass is 79.9. The van der Waals surface area contributed by atoms with Gasteiger partial charge in [0.25, 0.3) is 0 Å². The monoisotopic (exact) mass is 345 g/mol. The van der Waals surface area contributed by atoms with E-state index in [1.54, 1.807) is 11.8 Å². The molecule has 0 amide bonds. The number of thioether (sulfide) groups is 1. The number of benzene rings is 1. The summed E-state index contributed by atoms with van der Waals surface area (Å²) in [6, 6.07) is 8.17. The predicted molar refractivity (Wildman–Crippen MR) is 84.2 cm³/mol. The summed E-state index contributed by atoms with van der Waals surface area (Å²) in [5.74, 6) is 0.537. The molecule has 0 heterocycles. The number of carbonyl (C=O) groups is 1. The Labute approximate surface area is 127 Å². The average molecular weight is 346 g/mol. The first kappa shape index (κ1) is 16.5. The quantitative estimate of drug-likeness (QED) is 0.768. The first-order valence-electron chi connectivity index (χ1n) is 6.28. The van der Waals surface area contributed by atoms with Crippen LogP contribution in [0.2, 0.25) is 0 Å². The van der Waals surface area contributed by atoms with Crippen molar-refractivity contribution < 1.29 is 9.53 Å². The van der Waals surface area contributed by atoms with Crippen molar-refractivity contribution in [3.8, 4) is 0 Å². The molecule has 0 spiro atoms. The van der Waals surface area contributed by atoms with Crippen molar-refractivity contribution >= 4 is 33.7 Å². The Morgan fingerprint density at radius 1 is 1.47 bits per heavy atom. The number of rotatable bonds is 7. The SMILES string of the molecule is CCC(N)C(SCCC(=O)OC)c1ccccc1Br. The van der Waals surface area contributed by atoms with Gasteiger partial charge in [-0.15, -0.1) is 0 Å².